The second-order valence-corrected chi connectivity index (χ2v) is 6.83. The second-order valence-electron chi connectivity index (χ2n) is 6.01. The molecule has 0 saturated carbocycles. The summed E-state index contributed by atoms with van der Waals surface area (Å²) in [5.41, 5.74) is -0.175. The number of carbonyl (C=O) groups is 3. The lowest BCUT2D eigenvalue weighted by Crippen LogP contribution is -2.49. The Morgan fingerprint density at radius 2 is 1.84 bits per heavy atom. The van der Waals surface area contributed by atoms with Crippen LogP contribution >= 0.6 is 11.8 Å². The van der Waals surface area contributed by atoms with Gasteiger partial charge in [-0.15, -0.1) is 11.8 Å². The lowest BCUT2D eigenvalue weighted by atomic mass is 9.90. The number of halogens is 2. The normalized spacial score (nSPS) is 20.2. The fourth-order valence-electron chi connectivity index (χ4n) is 2.85. The molecule has 0 radical (unpaired) electrons. The molecule has 1 saturated heterocycles. The molecule has 1 fully saturated rings. The van der Waals surface area contributed by atoms with Gasteiger partial charge >= 0.3 is 17.8 Å². The number of hydrogen-bond donors (Lipinski definition) is 2. The standard InChI is InChI=1S/C16H18F2N2O4S/c1-8-3-9(16(23)24)7-20(6-8)15(22)14(21)19-10-4-11(17)13(25-2)12(18)5-10/h4-5,8-9H,3,6-7H2,1-2H3,(H,19,21)(H,23,24). The molecule has 1 aromatic carbocycles. The summed E-state index contributed by atoms with van der Waals surface area (Å²) < 4.78 is 27.5. The molecule has 0 aliphatic carbocycles. The van der Waals surface area contributed by atoms with E-state index in [1.807, 2.05) is 0 Å². The van der Waals surface area contributed by atoms with E-state index in [2.05, 4.69) is 5.32 Å². The first-order chi connectivity index (χ1) is 11.7. The number of carbonyl (C=O) groups excluding carboxylic acids is 2. The average molecular weight is 372 g/mol. The van der Waals surface area contributed by atoms with Gasteiger partial charge in [0.15, 0.2) is 0 Å². The Hall–Kier alpha value is -2.16. The van der Waals surface area contributed by atoms with Crippen molar-refractivity contribution in [2.24, 2.45) is 11.8 Å². The summed E-state index contributed by atoms with van der Waals surface area (Å²) in [6, 6.07) is 1.86. The third-order valence-corrected chi connectivity index (χ3v) is 4.75. The van der Waals surface area contributed by atoms with E-state index < -0.39 is 35.3 Å². The number of amides is 2. The molecule has 0 bridgehead atoms. The summed E-state index contributed by atoms with van der Waals surface area (Å²) in [7, 11) is 0. The van der Waals surface area contributed by atoms with E-state index in [0.29, 0.717) is 6.42 Å². The van der Waals surface area contributed by atoms with Gasteiger partial charge in [0.1, 0.15) is 11.6 Å². The van der Waals surface area contributed by atoms with E-state index in [0.717, 1.165) is 28.8 Å². The largest absolute Gasteiger partial charge is 0.481 e. The molecular weight excluding hydrogens is 354 g/mol. The van der Waals surface area contributed by atoms with Crippen LogP contribution in [0.4, 0.5) is 14.5 Å². The van der Waals surface area contributed by atoms with Crippen LogP contribution in [0, 0.1) is 23.5 Å². The number of rotatable bonds is 3. The van der Waals surface area contributed by atoms with E-state index >= 15 is 0 Å². The molecule has 0 spiro atoms. The van der Waals surface area contributed by atoms with Crippen molar-refractivity contribution in [3.63, 3.8) is 0 Å². The third kappa shape index (κ3) is 4.47. The minimum atomic E-state index is -1.06. The van der Waals surface area contributed by atoms with Crippen molar-refractivity contribution in [2.45, 2.75) is 18.2 Å². The molecule has 9 heteroatoms. The lowest BCUT2D eigenvalue weighted by Gasteiger charge is -2.34. The van der Waals surface area contributed by atoms with Crippen LogP contribution in [0.3, 0.4) is 0 Å². The summed E-state index contributed by atoms with van der Waals surface area (Å²) in [5, 5.41) is 11.3. The van der Waals surface area contributed by atoms with Gasteiger partial charge in [0.05, 0.1) is 10.8 Å². The van der Waals surface area contributed by atoms with E-state index in [4.69, 9.17) is 5.11 Å². The molecule has 2 unspecified atom stereocenters. The number of likely N-dealkylation sites (tertiary alicyclic amines) is 1. The Morgan fingerprint density at radius 3 is 2.36 bits per heavy atom. The van der Waals surface area contributed by atoms with Gasteiger partial charge in [-0.05, 0) is 30.7 Å². The molecule has 1 heterocycles. The van der Waals surface area contributed by atoms with E-state index in [9.17, 15) is 23.2 Å². The number of nitrogens with one attached hydrogen (secondary N) is 1. The highest BCUT2D eigenvalue weighted by atomic mass is 32.2. The van der Waals surface area contributed by atoms with Crippen molar-refractivity contribution in [2.75, 3.05) is 24.7 Å². The molecule has 2 rings (SSSR count). The zero-order valence-corrected chi connectivity index (χ0v) is 14.5. The summed E-state index contributed by atoms with van der Waals surface area (Å²) in [6.45, 7) is 1.98. The Bertz CT molecular complexity index is 690. The predicted octanol–water partition coefficient (Wildman–Crippen LogP) is 2.19. The van der Waals surface area contributed by atoms with Gasteiger partial charge in [0.2, 0.25) is 0 Å². The zero-order valence-electron chi connectivity index (χ0n) is 13.7. The first kappa shape index (κ1) is 19.2. The quantitative estimate of drug-likeness (QED) is 0.627. The number of hydrogen-bond acceptors (Lipinski definition) is 4. The monoisotopic (exact) mass is 372 g/mol. The first-order valence-electron chi connectivity index (χ1n) is 7.59. The number of benzene rings is 1. The summed E-state index contributed by atoms with van der Waals surface area (Å²) in [4.78, 5) is 36.4. The molecule has 6 nitrogen and oxygen atoms in total. The fraction of sp³-hybridized carbons (Fsp3) is 0.438. The minimum Gasteiger partial charge on any atom is -0.481 e. The van der Waals surface area contributed by atoms with Crippen molar-refractivity contribution < 1.29 is 28.3 Å². The van der Waals surface area contributed by atoms with Gasteiger partial charge < -0.3 is 15.3 Å². The average Bonchev–Trinajstić information content (AvgIpc) is 2.53. The number of thioether (sulfide) groups is 1. The van der Waals surface area contributed by atoms with Crippen molar-refractivity contribution >= 4 is 35.2 Å². The number of aliphatic carboxylic acids is 1. The summed E-state index contributed by atoms with van der Waals surface area (Å²) in [6.07, 6.45) is 1.94. The number of piperidine rings is 1. The Kier molecular flexibility index (Phi) is 5.99. The first-order valence-corrected chi connectivity index (χ1v) is 8.81. The van der Waals surface area contributed by atoms with Crippen LogP contribution in [0.15, 0.2) is 17.0 Å². The maximum atomic E-state index is 13.7. The van der Waals surface area contributed by atoms with Crippen LogP contribution < -0.4 is 5.32 Å². The maximum absolute atomic E-state index is 13.7. The Morgan fingerprint density at radius 1 is 1.24 bits per heavy atom. The van der Waals surface area contributed by atoms with Gasteiger partial charge in [-0.25, -0.2) is 8.78 Å². The number of carboxylic acid groups (broad SMARTS) is 1. The fourth-order valence-corrected chi connectivity index (χ4v) is 3.36. The van der Waals surface area contributed by atoms with E-state index in [-0.39, 0.29) is 29.6 Å². The molecule has 1 aliphatic heterocycles. The highest BCUT2D eigenvalue weighted by Crippen LogP contribution is 2.26. The Labute approximate surface area is 147 Å². The zero-order chi connectivity index (χ0) is 18.7. The molecule has 136 valence electrons. The van der Waals surface area contributed by atoms with E-state index in [1.165, 1.54) is 6.26 Å². The molecule has 2 amide bonds. The van der Waals surface area contributed by atoms with Crippen molar-refractivity contribution in [1.29, 1.82) is 0 Å². The second kappa shape index (κ2) is 7.81. The highest BCUT2D eigenvalue weighted by molar-refractivity contribution is 7.98. The lowest BCUT2D eigenvalue weighted by molar-refractivity contribution is -0.150. The number of anilines is 1. The van der Waals surface area contributed by atoms with Crippen LogP contribution in [-0.2, 0) is 14.4 Å². The molecule has 25 heavy (non-hydrogen) atoms. The van der Waals surface area contributed by atoms with Crippen molar-refractivity contribution in [1.82, 2.24) is 4.90 Å². The Balaban J connectivity index is 2.10. The number of nitrogens with zero attached hydrogens (tertiary/aromatic N) is 1. The van der Waals surface area contributed by atoms with Gasteiger partial charge in [-0.1, -0.05) is 6.92 Å². The molecule has 1 aromatic rings. The van der Waals surface area contributed by atoms with Crippen molar-refractivity contribution in [3.8, 4) is 0 Å². The van der Waals surface area contributed by atoms with Gasteiger partial charge in [-0.2, -0.15) is 0 Å². The van der Waals surface area contributed by atoms with Crippen LogP contribution in [0.1, 0.15) is 13.3 Å². The topological polar surface area (TPSA) is 86.7 Å². The van der Waals surface area contributed by atoms with E-state index in [1.54, 1.807) is 6.92 Å². The van der Waals surface area contributed by atoms with Gasteiger partial charge in [-0.3, -0.25) is 14.4 Å². The smallest absolute Gasteiger partial charge is 0.313 e. The molecule has 2 N–H and O–H groups in total. The third-order valence-electron chi connectivity index (χ3n) is 3.95. The highest BCUT2D eigenvalue weighted by Gasteiger charge is 2.34. The minimum absolute atomic E-state index is 0.0673. The van der Waals surface area contributed by atoms with Crippen LogP contribution in [0.5, 0.6) is 0 Å². The van der Waals surface area contributed by atoms with Crippen molar-refractivity contribution in [3.05, 3.63) is 23.8 Å². The van der Waals surface area contributed by atoms with Crippen LogP contribution in [0.2, 0.25) is 0 Å². The number of carboxylic acids is 1. The SMILES string of the molecule is CSc1c(F)cc(NC(=O)C(=O)N2CC(C)CC(C(=O)O)C2)cc1F. The summed E-state index contributed by atoms with van der Waals surface area (Å²) >= 11 is 0.888. The molecule has 0 aromatic heterocycles. The van der Waals surface area contributed by atoms with Gasteiger partial charge in [0, 0.05) is 18.8 Å². The molecule has 1 aliphatic rings. The van der Waals surface area contributed by atoms with Crippen LogP contribution in [0.25, 0.3) is 0 Å². The predicted molar refractivity (Wildman–Crippen MR) is 88.3 cm³/mol. The molecular formula is C16H18F2N2O4S. The molecule has 2 atom stereocenters. The van der Waals surface area contributed by atoms with Gasteiger partial charge in [0.25, 0.3) is 0 Å². The van der Waals surface area contributed by atoms with Crippen LogP contribution in [-0.4, -0.2) is 47.1 Å². The summed E-state index contributed by atoms with van der Waals surface area (Å²) in [5.74, 6) is -5.50. The maximum Gasteiger partial charge on any atom is 0.313 e.